The molecule has 1 fully saturated rings. The van der Waals surface area contributed by atoms with E-state index in [1.165, 1.54) is 23.6 Å². The number of likely N-dealkylation sites (tertiary alicyclic amines) is 1. The Hall–Kier alpha value is -2.15. The van der Waals surface area contributed by atoms with Crippen molar-refractivity contribution in [2.24, 2.45) is 5.41 Å². The summed E-state index contributed by atoms with van der Waals surface area (Å²) in [6.07, 6.45) is 5.55. The third kappa shape index (κ3) is 14.5. The summed E-state index contributed by atoms with van der Waals surface area (Å²) in [6, 6.07) is 0. The number of nitrogens with zero attached hydrogens (tertiary/aromatic N) is 1. The highest BCUT2D eigenvalue weighted by Gasteiger charge is 2.38. The Labute approximate surface area is 262 Å². The Bertz CT molecular complexity index is 950. The van der Waals surface area contributed by atoms with Crippen LogP contribution >= 0.6 is 11.8 Å². The fourth-order valence-corrected chi connectivity index (χ4v) is 5.28. The smallest absolute Gasteiger partial charge is 0.257 e. The molecule has 1 aliphatic heterocycles. The molecule has 0 saturated carbocycles. The fourth-order valence-electron chi connectivity index (χ4n) is 4.10. The minimum absolute atomic E-state index is 0.0336. The van der Waals surface area contributed by atoms with Crippen LogP contribution in [0.5, 0.6) is 0 Å². The van der Waals surface area contributed by atoms with Gasteiger partial charge in [-0.05, 0) is 59.6 Å². The van der Waals surface area contributed by atoms with Gasteiger partial charge in [0.2, 0.25) is 23.6 Å². The van der Waals surface area contributed by atoms with Crippen molar-refractivity contribution in [3.8, 4) is 0 Å². The van der Waals surface area contributed by atoms with E-state index in [9.17, 15) is 28.4 Å². The Balaban J connectivity index is 2.32. The average molecular weight is 627 g/mol. The Kier molecular flexibility index (Phi) is 16.8. The van der Waals surface area contributed by atoms with E-state index in [-0.39, 0.29) is 74.4 Å². The molecular formula is C30H52BFN4O6S. The number of nitrogens with one attached hydrogen (secondary N) is 3. The third-order valence-corrected chi connectivity index (χ3v) is 8.80. The van der Waals surface area contributed by atoms with Gasteiger partial charge in [-0.1, -0.05) is 32.5 Å². The van der Waals surface area contributed by atoms with Gasteiger partial charge >= 0.3 is 0 Å². The standard InChI is InChI=1S/C30H52BFN4O6S/c1-7-30(6,32)27(41)35-17-16-34-26(40)28(2,3)21-42-29(4,5)13-15-33-23(37)12-18-36-24(38)20-22(25(36)39)43-19-11-9-8-10-14-31/h22H,7-21H2,1-6H3,(H,33,37)(H,34,40)(H,35,41). The van der Waals surface area contributed by atoms with Gasteiger partial charge in [0.1, 0.15) is 0 Å². The van der Waals surface area contributed by atoms with Crippen LogP contribution in [0, 0.1) is 5.41 Å². The molecule has 13 heteroatoms. The van der Waals surface area contributed by atoms with Crippen molar-refractivity contribution >= 4 is 49.1 Å². The number of thioether (sulfide) groups is 1. The van der Waals surface area contributed by atoms with Gasteiger partial charge in [0, 0.05) is 39.0 Å². The molecule has 2 radical (unpaired) electrons. The zero-order chi connectivity index (χ0) is 32.7. The van der Waals surface area contributed by atoms with Crippen LogP contribution in [0.15, 0.2) is 0 Å². The summed E-state index contributed by atoms with van der Waals surface area (Å²) in [5.41, 5.74) is -3.45. The van der Waals surface area contributed by atoms with Gasteiger partial charge in [-0.2, -0.15) is 0 Å². The van der Waals surface area contributed by atoms with Gasteiger partial charge in [-0.25, -0.2) is 4.39 Å². The molecular weight excluding hydrogens is 574 g/mol. The lowest BCUT2D eigenvalue weighted by Gasteiger charge is -2.31. The van der Waals surface area contributed by atoms with Crippen LogP contribution in [0.2, 0.25) is 6.32 Å². The van der Waals surface area contributed by atoms with Crippen molar-refractivity contribution in [1.29, 1.82) is 0 Å². The van der Waals surface area contributed by atoms with E-state index in [0.717, 1.165) is 31.4 Å². The van der Waals surface area contributed by atoms with Crippen LogP contribution in [-0.4, -0.2) is 97.3 Å². The summed E-state index contributed by atoms with van der Waals surface area (Å²) in [5, 5.41) is 7.67. The van der Waals surface area contributed by atoms with Gasteiger partial charge in [0.05, 0.1) is 30.7 Å². The molecule has 5 amide bonds. The van der Waals surface area contributed by atoms with Crippen LogP contribution in [0.25, 0.3) is 0 Å². The molecule has 1 rings (SSSR count). The highest BCUT2D eigenvalue weighted by atomic mass is 32.2. The van der Waals surface area contributed by atoms with E-state index in [1.807, 2.05) is 13.8 Å². The second kappa shape index (κ2) is 18.6. The number of alkyl halides is 1. The van der Waals surface area contributed by atoms with E-state index in [2.05, 4.69) is 16.0 Å². The number of carbonyl (C=O) groups excluding carboxylic acids is 5. The Morgan fingerprint density at radius 2 is 1.60 bits per heavy atom. The first-order valence-electron chi connectivity index (χ1n) is 15.4. The number of amides is 5. The van der Waals surface area contributed by atoms with E-state index in [4.69, 9.17) is 12.6 Å². The molecule has 10 nitrogen and oxygen atoms in total. The molecule has 1 saturated heterocycles. The maximum atomic E-state index is 14.0. The first kappa shape index (κ1) is 38.9. The lowest BCUT2D eigenvalue weighted by atomic mass is 9.93. The second-order valence-electron chi connectivity index (χ2n) is 12.5. The minimum atomic E-state index is -1.94. The summed E-state index contributed by atoms with van der Waals surface area (Å²) in [5.74, 6) is -0.854. The van der Waals surface area contributed by atoms with Crippen molar-refractivity contribution < 1.29 is 33.1 Å². The van der Waals surface area contributed by atoms with E-state index >= 15 is 0 Å². The van der Waals surface area contributed by atoms with E-state index in [0.29, 0.717) is 19.3 Å². The first-order chi connectivity index (χ1) is 20.1. The van der Waals surface area contributed by atoms with Crippen molar-refractivity contribution in [2.75, 3.05) is 38.5 Å². The van der Waals surface area contributed by atoms with Crippen molar-refractivity contribution in [2.45, 2.75) is 116 Å². The number of rotatable bonds is 22. The molecule has 0 bridgehead atoms. The predicted octanol–water partition coefficient (Wildman–Crippen LogP) is 3.08. The highest BCUT2D eigenvalue weighted by molar-refractivity contribution is 8.00. The molecule has 3 N–H and O–H groups in total. The normalized spacial score (nSPS) is 17.1. The van der Waals surface area contributed by atoms with Gasteiger partial charge in [0.25, 0.3) is 5.91 Å². The van der Waals surface area contributed by atoms with Crippen LogP contribution in [0.3, 0.4) is 0 Å². The average Bonchev–Trinajstić information content (AvgIpc) is 3.21. The summed E-state index contributed by atoms with van der Waals surface area (Å²) in [4.78, 5) is 63.0. The maximum Gasteiger partial charge on any atom is 0.257 e. The van der Waals surface area contributed by atoms with Crippen molar-refractivity contribution in [3.05, 3.63) is 0 Å². The number of halogens is 1. The molecule has 1 aliphatic rings. The molecule has 244 valence electrons. The highest BCUT2D eigenvalue weighted by Crippen LogP contribution is 2.26. The summed E-state index contributed by atoms with van der Waals surface area (Å²) in [7, 11) is 5.50. The minimum Gasteiger partial charge on any atom is -0.374 e. The molecule has 0 spiro atoms. The SMILES string of the molecule is [B]CCCCCCSC1CC(=O)N(CCC(=O)NCCC(C)(C)OCC(C)(C)C(=O)NCCNC(=O)C(C)(F)CC)C1=O. The zero-order valence-electron chi connectivity index (χ0n) is 26.9. The van der Waals surface area contributed by atoms with E-state index < -0.39 is 22.6 Å². The van der Waals surface area contributed by atoms with Gasteiger partial charge < -0.3 is 20.7 Å². The Morgan fingerprint density at radius 1 is 0.977 bits per heavy atom. The number of ether oxygens (including phenoxy) is 1. The number of hydrogen-bond acceptors (Lipinski definition) is 7. The topological polar surface area (TPSA) is 134 Å². The van der Waals surface area contributed by atoms with E-state index in [1.54, 1.807) is 20.8 Å². The Morgan fingerprint density at radius 3 is 2.23 bits per heavy atom. The molecule has 0 aliphatic carbocycles. The molecule has 2 atom stereocenters. The molecule has 43 heavy (non-hydrogen) atoms. The van der Waals surface area contributed by atoms with Gasteiger partial charge in [-0.3, -0.25) is 28.9 Å². The molecule has 0 aromatic carbocycles. The quantitative estimate of drug-likeness (QED) is 0.0956. The molecule has 0 aromatic heterocycles. The van der Waals surface area contributed by atoms with Gasteiger partial charge in [-0.15, -0.1) is 11.8 Å². The van der Waals surface area contributed by atoms with Gasteiger partial charge in [0.15, 0.2) is 5.67 Å². The summed E-state index contributed by atoms with van der Waals surface area (Å²) >= 11 is 1.51. The van der Waals surface area contributed by atoms with Crippen LogP contribution in [-0.2, 0) is 28.7 Å². The molecule has 2 unspecified atom stereocenters. The fraction of sp³-hybridized carbons (Fsp3) is 0.833. The lowest BCUT2D eigenvalue weighted by molar-refractivity contribution is -0.139. The molecule has 0 aromatic rings. The number of unbranched alkanes of at least 4 members (excludes halogenated alkanes) is 3. The second-order valence-corrected chi connectivity index (χ2v) is 13.8. The lowest BCUT2D eigenvalue weighted by Crippen LogP contribution is -2.47. The van der Waals surface area contributed by atoms with Crippen LogP contribution in [0.4, 0.5) is 4.39 Å². The number of carbonyl (C=O) groups is 5. The van der Waals surface area contributed by atoms with Crippen LogP contribution in [0.1, 0.15) is 92.9 Å². The predicted molar refractivity (Wildman–Crippen MR) is 168 cm³/mol. The maximum absolute atomic E-state index is 14.0. The number of hydrogen-bond donors (Lipinski definition) is 3. The summed E-state index contributed by atoms with van der Waals surface area (Å²) < 4.78 is 20.0. The molecule has 1 heterocycles. The largest absolute Gasteiger partial charge is 0.374 e. The summed E-state index contributed by atoms with van der Waals surface area (Å²) in [6.45, 7) is 10.8. The van der Waals surface area contributed by atoms with Crippen LogP contribution < -0.4 is 16.0 Å². The third-order valence-electron chi connectivity index (χ3n) is 7.50. The first-order valence-corrected chi connectivity index (χ1v) is 16.4. The van der Waals surface area contributed by atoms with Crippen molar-refractivity contribution in [1.82, 2.24) is 20.9 Å². The van der Waals surface area contributed by atoms with Crippen molar-refractivity contribution in [3.63, 3.8) is 0 Å². The zero-order valence-corrected chi connectivity index (χ0v) is 27.8. The monoisotopic (exact) mass is 626 g/mol. The number of imide groups is 1.